The highest BCUT2D eigenvalue weighted by Gasteiger charge is 2.31. The molecule has 1 aliphatic heterocycles. The number of alkyl halides is 3. The van der Waals surface area contributed by atoms with Gasteiger partial charge in [0.2, 0.25) is 0 Å². The van der Waals surface area contributed by atoms with Crippen molar-refractivity contribution in [3.8, 4) is 18.1 Å². The Labute approximate surface area is 185 Å². The van der Waals surface area contributed by atoms with Gasteiger partial charge in [0.25, 0.3) is 0 Å². The van der Waals surface area contributed by atoms with Gasteiger partial charge in [0.05, 0.1) is 5.56 Å². The van der Waals surface area contributed by atoms with Crippen LogP contribution in [-0.2, 0) is 11.0 Å². The van der Waals surface area contributed by atoms with Gasteiger partial charge in [-0.05, 0) is 41.0 Å². The molecular weight excluding hydrogens is 419 g/mol. The van der Waals surface area contributed by atoms with Crippen molar-refractivity contribution in [1.29, 1.82) is 0 Å². The van der Waals surface area contributed by atoms with Crippen molar-refractivity contribution in [2.24, 2.45) is 0 Å². The lowest BCUT2D eigenvalue weighted by atomic mass is 9.92. The van der Waals surface area contributed by atoms with Crippen LogP contribution in [0.25, 0.3) is 5.57 Å². The molecule has 2 aromatic carbocycles. The largest absolute Gasteiger partial charge is 0.427 e. The van der Waals surface area contributed by atoms with Gasteiger partial charge in [-0.15, -0.1) is 6.42 Å². The standard InChI is InChI=1S/C25H24F3NO3/c1-3-24(31)12-15-29(16-13-24)14-11-23(19-7-9-22(10-8-19)32-18(2)30)20-5-4-6-21(17-20)25(26,27)28/h1,4-11,17,31H,12-16H2,2H3/b23-11+. The molecule has 1 fully saturated rings. The number of halogens is 3. The highest BCUT2D eigenvalue weighted by Crippen LogP contribution is 2.33. The molecule has 1 heterocycles. The van der Waals surface area contributed by atoms with Gasteiger partial charge in [0.15, 0.2) is 0 Å². The van der Waals surface area contributed by atoms with Crippen LogP contribution in [0.1, 0.15) is 36.5 Å². The SMILES string of the molecule is C#CC1(O)CCN(C/C=C(\c2ccc(OC(C)=O)cc2)c2cccc(C(F)(F)F)c2)CC1. The number of carbonyl (C=O) groups excluding carboxylic acids is 1. The van der Waals surface area contributed by atoms with Gasteiger partial charge in [0.1, 0.15) is 11.4 Å². The number of likely N-dealkylation sites (tertiary alicyclic amines) is 1. The average molecular weight is 443 g/mol. The summed E-state index contributed by atoms with van der Waals surface area (Å²) >= 11 is 0. The van der Waals surface area contributed by atoms with Crippen LogP contribution in [0.2, 0.25) is 0 Å². The maximum atomic E-state index is 13.3. The first-order valence-electron chi connectivity index (χ1n) is 10.2. The fourth-order valence-corrected chi connectivity index (χ4v) is 3.60. The molecule has 0 amide bonds. The Morgan fingerprint density at radius 1 is 1.19 bits per heavy atom. The van der Waals surface area contributed by atoms with Crippen LogP contribution in [0.15, 0.2) is 54.6 Å². The summed E-state index contributed by atoms with van der Waals surface area (Å²) in [5, 5.41) is 10.2. The van der Waals surface area contributed by atoms with Gasteiger partial charge in [-0.25, -0.2) is 0 Å². The van der Waals surface area contributed by atoms with Crippen LogP contribution in [0.4, 0.5) is 13.2 Å². The summed E-state index contributed by atoms with van der Waals surface area (Å²) in [5.41, 5.74) is -0.0799. The number of hydrogen-bond donors (Lipinski definition) is 1. The van der Waals surface area contributed by atoms with Crippen LogP contribution >= 0.6 is 0 Å². The summed E-state index contributed by atoms with van der Waals surface area (Å²) in [4.78, 5) is 13.2. The Morgan fingerprint density at radius 3 is 2.41 bits per heavy atom. The Kier molecular flexibility index (Phi) is 7.07. The van der Waals surface area contributed by atoms with Crippen molar-refractivity contribution in [2.75, 3.05) is 19.6 Å². The van der Waals surface area contributed by atoms with Crippen LogP contribution in [-0.4, -0.2) is 41.2 Å². The zero-order valence-electron chi connectivity index (χ0n) is 17.7. The van der Waals surface area contributed by atoms with E-state index < -0.39 is 23.3 Å². The zero-order chi connectivity index (χ0) is 23.4. The maximum Gasteiger partial charge on any atom is 0.416 e. The number of esters is 1. The van der Waals surface area contributed by atoms with Crippen molar-refractivity contribution in [3.05, 3.63) is 71.3 Å². The maximum absolute atomic E-state index is 13.3. The average Bonchev–Trinajstić information content (AvgIpc) is 2.75. The third-order valence-corrected chi connectivity index (χ3v) is 5.43. The topological polar surface area (TPSA) is 49.8 Å². The fourth-order valence-electron chi connectivity index (χ4n) is 3.60. The predicted octanol–water partition coefficient (Wildman–Crippen LogP) is 4.52. The van der Waals surface area contributed by atoms with E-state index >= 15 is 0 Å². The van der Waals surface area contributed by atoms with E-state index in [-0.39, 0.29) is 0 Å². The lowest BCUT2D eigenvalue weighted by Crippen LogP contribution is -2.43. The first-order chi connectivity index (χ1) is 15.1. The molecule has 0 radical (unpaired) electrons. The second-order valence-electron chi connectivity index (χ2n) is 7.79. The van der Waals surface area contributed by atoms with E-state index in [9.17, 15) is 23.1 Å². The second-order valence-corrected chi connectivity index (χ2v) is 7.79. The molecular formula is C25H24F3NO3. The van der Waals surface area contributed by atoms with Gasteiger partial charge in [-0.3, -0.25) is 9.69 Å². The molecule has 0 aliphatic carbocycles. The molecule has 2 aromatic rings. The highest BCUT2D eigenvalue weighted by molar-refractivity contribution is 5.80. The van der Waals surface area contributed by atoms with Gasteiger partial charge < -0.3 is 9.84 Å². The van der Waals surface area contributed by atoms with Crippen LogP contribution in [0, 0.1) is 12.3 Å². The summed E-state index contributed by atoms with van der Waals surface area (Å²) in [5.74, 6) is 2.33. The smallest absolute Gasteiger partial charge is 0.416 e. The number of terminal acetylenes is 1. The Balaban J connectivity index is 1.91. The van der Waals surface area contributed by atoms with E-state index in [0.29, 0.717) is 54.9 Å². The summed E-state index contributed by atoms with van der Waals surface area (Å²) in [6.45, 7) is 2.94. The lowest BCUT2D eigenvalue weighted by molar-refractivity contribution is -0.137. The molecule has 0 unspecified atom stereocenters. The minimum atomic E-state index is -4.45. The molecule has 1 saturated heterocycles. The number of benzene rings is 2. The molecule has 1 N–H and O–H groups in total. The Hall–Kier alpha value is -3.08. The quantitative estimate of drug-likeness (QED) is 0.419. The van der Waals surface area contributed by atoms with E-state index in [0.717, 1.165) is 12.1 Å². The van der Waals surface area contributed by atoms with E-state index in [2.05, 4.69) is 10.8 Å². The first kappa shape index (κ1) is 23.6. The van der Waals surface area contributed by atoms with Crippen LogP contribution in [0.5, 0.6) is 5.75 Å². The normalized spacial score (nSPS) is 16.9. The molecule has 1 aliphatic rings. The summed E-state index contributed by atoms with van der Waals surface area (Å²) in [7, 11) is 0. The molecule has 0 bridgehead atoms. The minimum absolute atomic E-state index is 0.356. The fraction of sp³-hybridized carbons (Fsp3) is 0.320. The molecule has 7 heteroatoms. The molecule has 32 heavy (non-hydrogen) atoms. The Morgan fingerprint density at radius 2 is 1.84 bits per heavy atom. The minimum Gasteiger partial charge on any atom is -0.427 e. The molecule has 4 nitrogen and oxygen atoms in total. The number of piperidine rings is 1. The van der Waals surface area contributed by atoms with Gasteiger partial charge in [-0.2, -0.15) is 13.2 Å². The van der Waals surface area contributed by atoms with E-state index in [1.54, 1.807) is 30.3 Å². The third-order valence-electron chi connectivity index (χ3n) is 5.43. The number of hydrogen-bond acceptors (Lipinski definition) is 4. The van der Waals surface area contributed by atoms with E-state index in [4.69, 9.17) is 11.2 Å². The number of rotatable bonds is 5. The van der Waals surface area contributed by atoms with Crippen molar-refractivity contribution in [1.82, 2.24) is 4.90 Å². The highest BCUT2D eigenvalue weighted by atomic mass is 19.4. The van der Waals surface area contributed by atoms with E-state index in [1.165, 1.54) is 13.0 Å². The monoisotopic (exact) mass is 443 g/mol. The third kappa shape index (κ3) is 6.00. The van der Waals surface area contributed by atoms with Crippen molar-refractivity contribution >= 4 is 11.5 Å². The number of aliphatic hydroxyl groups is 1. The summed E-state index contributed by atoms with van der Waals surface area (Å²) in [6.07, 6.45) is 3.69. The summed E-state index contributed by atoms with van der Waals surface area (Å²) < 4.78 is 44.9. The van der Waals surface area contributed by atoms with Crippen LogP contribution < -0.4 is 4.74 Å². The van der Waals surface area contributed by atoms with Crippen molar-refractivity contribution in [3.63, 3.8) is 0 Å². The van der Waals surface area contributed by atoms with Crippen LogP contribution in [0.3, 0.4) is 0 Å². The molecule has 0 aromatic heterocycles. The van der Waals surface area contributed by atoms with Gasteiger partial charge in [0, 0.05) is 39.4 Å². The molecule has 0 spiro atoms. The second kappa shape index (κ2) is 9.60. The van der Waals surface area contributed by atoms with Gasteiger partial charge >= 0.3 is 12.1 Å². The first-order valence-corrected chi connectivity index (χ1v) is 10.2. The van der Waals surface area contributed by atoms with Crippen molar-refractivity contribution in [2.45, 2.75) is 31.5 Å². The van der Waals surface area contributed by atoms with E-state index in [1.807, 2.05) is 6.08 Å². The lowest BCUT2D eigenvalue weighted by Gasteiger charge is -2.34. The van der Waals surface area contributed by atoms with Gasteiger partial charge in [-0.1, -0.05) is 36.3 Å². The summed E-state index contributed by atoms with van der Waals surface area (Å²) in [6, 6.07) is 11.8. The van der Waals surface area contributed by atoms with Crippen molar-refractivity contribution < 1.29 is 27.8 Å². The molecule has 0 saturated carbocycles. The Bertz CT molecular complexity index is 1030. The number of ether oxygens (including phenoxy) is 1. The zero-order valence-corrected chi connectivity index (χ0v) is 17.7. The predicted molar refractivity (Wildman–Crippen MR) is 116 cm³/mol. The number of carbonyl (C=O) groups is 1. The molecule has 168 valence electrons. The molecule has 0 atom stereocenters. The molecule has 3 rings (SSSR count). The number of nitrogens with zero attached hydrogens (tertiary/aromatic N) is 1.